The smallest absolute Gasteiger partial charge is 0.415 e. The summed E-state index contributed by atoms with van der Waals surface area (Å²) in [5.74, 6) is 0.263. The van der Waals surface area contributed by atoms with Crippen molar-refractivity contribution in [3.05, 3.63) is 36.1 Å². The van der Waals surface area contributed by atoms with Gasteiger partial charge in [-0.2, -0.15) is 0 Å². The summed E-state index contributed by atoms with van der Waals surface area (Å²) in [4.78, 5) is 41.3. The predicted octanol–water partition coefficient (Wildman–Crippen LogP) is 3.44. The Morgan fingerprint density at radius 2 is 1.25 bits per heavy atom. The molecule has 36 heavy (non-hydrogen) atoms. The number of nitrogens with zero attached hydrogens (tertiary/aromatic N) is 2. The number of ketones is 1. The quantitative estimate of drug-likeness (QED) is 0.487. The van der Waals surface area contributed by atoms with E-state index in [4.69, 9.17) is 13.9 Å². The Morgan fingerprint density at radius 1 is 0.778 bits per heavy atom. The van der Waals surface area contributed by atoms with E-state index in [1.54, 1.807) is 28.0 Å². The maximum absolute atomic E-state index is 12.9. The Kier molecular flexibility index (Phi) is 9.02. The molecule has 2 aromatic carbocycles. The molecule has 2 aliphatic rings. The Hall–Kier alpha value is -3.05. The van der Waals surface area contributed by atoms with Crippen LogP contribution in [0, 0.1) is 0 Å². The zero-order chi connectivity index (χ0) is 23.7. The lowest BCUT2D eigenvalue weighted by Crippen LogP contribution is -2.47. The van der Waals surface area contributed by atoms with Gasteiger partial charge in [-0.05, 0) is 6.07 Å². The van der Waals surface area contributed by atoms with E-state index >= 15 is 0 Å². The van der Waals surface area contributed by atoms with Crippen LogP contribution >= 0.6 is 24.8 Å². The summed E-state index contributed by atoms with van der Waals surface area (Å²) in [5.41, 5.74) is 0.190. The Bertz CT molecular complexity index is 1180. The van der Waals surface area contributed by atoms with Crippen LogP contribution in [0.3, 0.4) is 0 Å². The summed E-state index contributed by atoms with van der Waals surface area (Å²) in [6.07, 6.45) is -0.983. The molecular weight excluding hydrogens is 511 g/mol. The molecule has 0 unspecified atom stereocenters. The fourth-order valence-electron chi connectivity index (χ4n) is 4.26. The van der Waals surface area contributed by atoms with Crippen LogP contribution in [-0.4, -0.2) is 80.1 Å². The van der Waals surface area contributed by atoms with E-state index in [0.29, 0.717) is 68.5 Å². The molecule has 2 N–H and O–H groups in total. The van der Waals surface area contributed by atoms with Gasteiger partial charge in [0.15, 0.2) is 28.6 Å². The van der Waals surface area contributed by atoms with Crippen molar-refractivity contribution in [2.24, 2.45) is 0 Å². The van der Waals surface area contributed by atoms with Crippen LogP contribution in [0.1, 0.15) is 17.5 Å². The molecule has 2 aliphatic heterocycles. The highest BCUT2D eigenvalue weighted by molar-refractivity contribution is 6.12. The van der Waals surface area contributed by atoms with Gasteiger partial charge in [0.2, 0.25) is 0 Å². The molecule has 0 saturated carbocycles. The van der Waals surface area contributed by atoms with E-state index in [9.17, 15) is 14.4 Å². The Morgan fingerprint density at radius 3 is 1.75 bits per heavy atom. The largest absolute Gasteiger partial charge is 0.449 e. The van der Waals surface area contributed by atoms with Crippen molar-refractivity contribution in [2.75, 3.05) is 52.4 Å². The monoisotopic (exact) mass is 538 g/mol. The van der Waals surface area contributed by atoms with Crippen molar-refractivity contribution < 1.29 is 28.3 Å². The lowest BCUT2D eigenvalue weighted by molar-refractivity contribution is 0.0989. The average molecular weight is 539 g/mol. The Balaban J connectivity index is 0.00000180. The number of fused-ring (bicyclic) bond motifs is 2. The lowest BCUT2D eigenvalue weighted by atomic mass is 10.1. The first-order valence-corrected chi connectivity index (χ1v) is 11.4. The minimum atomic E-state index is -0.501. The first-order valence-electron chi connectivity index (χ1n) is 11.4. The van der Waals surface area contributed by atoms with E-state index in [1.807, 2.05) is 6.07 Å². The molecule has 3 heterocycles. The maximum atomic E-state index is 12.9. The first kappa shape index (κ1) is 27.5. The molecule has 2 saturated heterocycles. The number of carbonyl (C=O) groups is 3. The van der Waals surface area contributed by atoms with Crippen molar-refractivity contribution in [3.63, 3.8) is 0 Å². The number of benzene rings is 2. The number of furan rings is 1. The highest BCUT2D eigenvalue weighted by Crippen LogP contribution is 2.44. The van der Waals surface area contributed by atoms with E-state index < -0.39 is 12.2 Å². The van der Waals surface area contributed by atoms with Crippen LogP contribution in [0.4, 0.5) is 9.59 Å². The third-order valence-corrected chi connectivity index (χ3v) is 6.08. The third-order valence-electron chi connectivity index (χ3n) is 6.08. The van der Waals surface area contributed by atoms with Crippen LogP contribution in [0.15, 0.2) is 34.7 Å². The van der Waals surface area contributed by atoms with Crippen molar-refractivity contribution in [1.29, 1.82) is 0 Å². The molecule has 2 fully saturated rings. The second kappa shape index (κ2) is 11.8. The second-order valence-electron chi connectivity index (χ2n) is 8.32. The van der Waals surface area contributed by atoms with Crippen LogP contribution in [-0.2, 0) is 0 Å². The van der Waals surface area contributed by atoms with Gasteiger partial charge in [0, 0.05) is 70.1 Å². The van der Waals surface area contributed by atoms with Gasteiger partial charge in [-0.1, -0.05) is 24.3 Å². The average Bonchev–Trinajstić information content (AvgIpc) is 3.33. The molecule has 10 nitrogen and oxygen atoms in total. The number of hydrogen-bond acceptors (Lipinski definition) is 8. The van der Waals surface area contributed by atoms with E-state index in [2.05, 4.69) is 10.6 Å². The maximum Gasteiger partial charge on any atom is 0.415 e. The number of halogens is 2. The van der Waals surface area contributed by atoms with Crippen LogP contribution in [0.5, 0.6) is 11.5 Å². The minimum Gasteiger partial charge on any atom is -0.449 e. The van der Waals surface area contributed by atoms with Gasteiger partial charge in [0.25, 0.3) is 0 Å². The molecule has 0 atom stereocenters. The lowest BCUT2D eigenvalue weighted by Gasteiger charge is -2.27. The van der Waals surface area contributed by atoms with Gasteiger partial charge < -0.3 is 34.3 Å². The number of nitrogens with one attached hydrogen (secondary N) is 2. The molecule has 1 aromatic heterocycles. The molecule has 194 valence electrons. The predicted molar refractivity (Wildman–Crippen MR) is 139 cm³/mol. The Labute approximate surface area is 220 Å². The molecule has 5 rings (SSSR count). The van der Waals surface area contributed by atoms with Gasteiger partial charge in [0.05, 0.1) is 5.39 Å². The summed E-state index contributed by atoms with van der Waals surface area (Å²) in [6.45, 7) is 6.24. The van der Waals surface area contributed by atoms with Gasteiger partial charge in [-0.25, -0.2) is 9.59 Å². The standard InChI is InChI=1S/C24H26N4O6.2ClH/c1-15(29)19-14-18-20(33-23(30)27-10-6-25-7-11-27)16-4-2-3-5-17(16)21(22(18)32-19)34-24(31)28-12-8-26-9-13-28;;/h2-5,14,25-26H,6-13H2,1H3;2*1H. The molecule has 0 spiro atoms. The van der Waals surface area contributed by atoms with Gasteiger partial charge in [0.1, 0.15) is 0 Å². The van der Waals surface area contributed by atoms with Crippen LogP contribution in [0.2, 0.25) is 0 Å². The molecule has 3 aromatic rings. The summed E-state index contributed by atoms with van der Waals surface area (Å²) in [5, 5.41) is 7.93. The zero-order valence-corrected chi connectivity index (χ0v) is 21.3. The fraction of sp³-hybridized carbons (Fsp3) is 0.375. The van der Waals surface area contributed by atoms with E-state index in [-0.39, 0.29) is 53.4 Å². The topological polar surface area (TPSA) is 113 Å². The van der Waals surface area contributed by atoms with E-state index in [0.717, 1.165) is 0 Å². The number of amides is 2. The molecule has 0 radical (unpaired) electrons. The number of carbonyl (C=O) groups excluding carboxylic acids is 3. The normalized spacial score (nSPS) is 15.7. The summed E-state index contributed by atoms with van der Waals surface area (Å²) in [7, 11) is 0. The SMILES string of the molecule is CC(=O)c1cc2c(OC(=O)N3CCNCC3)c3ccccc3c(OC(=O)N3CCNCC3)c2o1.Cl.Cl. The first-order chi connectivity index (χ1) is 16.5. The minimum absolute atomic E-state index is 0. The highest BCUT2D eigenvalue weighted by Gasteiger charge is 2.28. The summed E-state index contributed by atoms with van der Waals surface area (Å²) in [6, 6.07) is 8.70. The van der Waals surface area contributed by atoms with E-state index in [1.165, 1.54) is 13.0 Å². The molecular formula is C24H28Cl2N4O6. The van der Waals surface area contributed by atoms with Crippen LogP contribution < -0.4 is 20.1 Å². The molecule has 12 heteroatoms. The van der Waals surface area contributed by atoms with Crippen molar-refractivity contribution >= 4 is 64.5 Å². The number of piperazine rings is 2. The van der Waals surface area contributed by atoms with Crippen molar-refractivity contribution in [2.45, 2.75) is 6.92 Å². The van der Waals surface area contributed by atoms with Gasteiger partial charge >= 0.3 is 12.2 Å². The van der Waals surface area contributed by atoms with Gasteiger partial charge in [-0.15, -0.1) is 24.8 Å². The number of Topliss-reactive ketones (excluding diaryl/α,β-unsaturated/α-hetero) is 1. The molecule has 2 amide bonds. The number of hydrogen-bond donors (Lipinski definition) is 2. The zero-order valence-electron chi connectivity index (χ0n) is 19.7. The number of ether oxygens (including phenoxy) is 2. The summed E-state index contributed by atoms with van der Waals surface area (Å²) < 4.78 is 17.6. The third kappa shape index (κ3) is 5.36. The van der Waals surface area contributed by atoms with Gasteiger partial charge in [-0.3, -0.25) is 4.79 Å². The second-order valence-corrected chi connectivity index (χ2v) is 8.32. The molecule has 0 aliphatic carbocycles. The summed E-state index contributed by atoms with van der Waals surface area (Å²) >= 11 is 0. The van der Waals surface area contributed by atoms with Crippen LogP contribution in [0.25, 0.3) is 21.7 Å². The number of rotatable bonds is 3. The van der Waals surface area contributed by atoms with Crippen molar-refractivity contribution in [3.8, 4) is 11.5 Å². The fourth-order valence-corrected chi connectivity index (χ4v) is 4.26. The molecule has 0 bridgehead atoms. The highest BCUT2D eigenvalue weighted by atomic mass is 35.5. The van der Waals surface area contributed by atoms with Crippen molar-refractivity contribution in [1.82, 2.24) is 20.4 Å².